The molecule has 2 N–H and O–H groups in total. The molecule has 2 amide bonds. The van der Waals surface area contributed by atoms with E-state index in [-0.39, 0.29) is 18.1 Å². The Kier molecular flexibility index (Phi) is 4.56. The minimum absolute atomic E-state index is 0.0457. The number of aromatic amines is 1. The molecule has 0 fully saturated rings. The lowest BCUT2D eigenvalue weighted by Gasteiger charge is -2.26. The Morgan fingerprint density at radius 2 is 2.10 bits per heavy atom. The third-order valence-electron chi connectivity index (χ3n) is 5.02. The first-order chi connectivity index (χ1) is 13.7. The number of nitrogens with one attached hydrogen (secondary N) is 2. The molecule has 7 nitrogen and oxygen atoms in total. The minimum atomic E-state index is -4.55. The molecule has 10 heteroatoms. The molecular weight excluding hydrogens is 387 g/mol. The van der Waals surface area contributed by atoms with Crippen molar-refractivity contribution in [3.8, 4) is 0 Å². The SMILES string of the molecule is CC(NC(=O)c1[nH]nc2c1CN(C(=O)c1cc3ccccn3c1)CC2)C(F)(F)F. The summed E-state index contributed by atoms with van der Waals surface area (Å²) in [6.45, 7) is 1.37. The second kappa shape index (κ2) is 6.94. The van der Waals surface area contributed by atoms with Crippen LogP contribution in [0.25, 0.3) is 5.52 Å². The van der Waals surface area contributed by atoms with Crippen LogP contribution in [0.5, 0.6) is 0 Å². The van der Waals surface area contributed by atoms with Crippen molar-refractivity contribution in [1.29, 1.82) is 0 Å². The van der Waals surface area contributed by atoms with Gasteiger partial charge in [-0.3, -0.25) is 14.7 Å². The molecule has 1 atom stereocenters. The lowest BCUT2D eigenvalue weighted by molar-refractivity contribution is -0.149. The summed E-state index contributed by atoms with van der Waals surface area (Å²) >= 11 is 0. The summed E-state index contributed by atoms with van der Waals surface area (Å²) in [5.41, 5.74) is 2.36. The zero-order valence-electron chi connectivity index (χ0n) is 15.5. The highest BCUT2D eigenvalue weighted by Crippen LogP contribution is 2.24. The molecule has 0 aliphatic carbocycles. The van der Waals surface area contributed by atoms with Crippen molar-refractivity contribution >= 4 is 17.3 Å². The first kappa shape index (κ1) is 19.0. The standard InChI is InChI=1S/C19H18F3N5O2/c1-11(19(20,21)22)23-17(28)16-14-10-27(7-5-15(14)24-25-16)18(29)12-8-13-4-2-3-6-26(13)9-12/h2-4,6,8-9,11H,5,7,10H2,1H3,(H,23,28)(H,24,25). The summed E-state index contributed by atoms with van der Waals surface area (Å²) in [4.78, 5) is 26.8. The van der Waals surface area contributed by atoms with Crippen molar-refractivity contribution < 1.29 is 22.8 Å². The molecule has 1 aliphatic rings. The predicted molar refractivity (Wildman–Crippen MR) is 97.4 cm³/mol. The first-order valence-electron chi connectivity index (χ1n) is 9.03. The maximum absolute atomic E-state index is 12.9. The third kappa shape index (κ3) is 3.57. The highest BCUT2D eigenvalue weighted by atomic mass is 19.4. The normalized spacial score (nSPS) is 15.2. The van der Waals surface area contributed by atoms with Crippen LogP contribution in [0, 0.1) is 0 Å². The number of rotatable bonds is 3. The summed E-state index contributed by atoms with van der Waals surface area (Å²) < 4.78 is 40.0. The van der Waals surface area contributed by atoms with Gasteiger partial charge >= 0.3 is 6.18 Å². The monoisotopic (exact) mass is 405 g/mol. The number of H-pyrrole nitrogens is 1. The molecule has 29 heavy (non-hydrogen) atoms. The van der Waals surface area contributed by atoms with Gasteiger partial charge in [0.05, 0.1) is 17.8 Å². The highest BCUT2D eigenvalue weighted by Gasteiger charge is 2.38. The van der Waals surface area contributed by atoms with E-state index in [0.29, 0.717) is 29.8 Å². The Morgan fingerprint density at radius 1 is 1.31 bits per heavy atom. The predicted octanol–water partition coefficient (Wildman–Crippen LogP) is 2.54. The molecule has 152 valence electrons. The van der Waals surface area contributed by atoms with Gasteiger partial charge in [0.1, 0.15) is 11.7 Å². The van der Waals surface area contributed by atoms with Crippen LogP contribution in [0.3, 0.4) is 0 Å². The number of amides is 2. The fourth-order valence-corrected chi connectivity index (χ4v) is 3.36. The Labute approximate surface area is 163 Å². The molecule has 3 aromatic heterocycles. The first-order valence-corrected chi connectivity index (χ1v) is 9.03. The molecule has 0 spiro atoms. The van der Waals surface area contributed by atoms with Crippen LogP contribution < -0.4 is 5.32 Å². The van der Waals surface area contributed by atoms with Gasteiger partial charge in [0, 0.05) is 36.4 Å². The molecule has 0 radical (unpaired) electrons. The van der Waals surface area contributed by atoms with Gasteiger partial charge in [-0.15, -0.1) is 0 Å². The van der Waals surface area contributed by atoms with Gasteiger partial charge in [-0.05, 0) is 25.1 Å². The van der Waals surface area contributed by atoms with E-state index in [4.69, 9.17) is 0 Å². The van der Waals surface area contributed by atoms with Crippen LogP contribution in [-0.2, 0) is 13.0 Å². The highest BCUT2D eigenvalue weighted by molar-refractivity contribution is 5.97. The van der Waals surface area contributed by atoms with E-state index in [2.05, 4.69) is 10.2 Å². The van der Waals surface area contributed by atoms with E-state index in [1.165, 1.54) is 0 Å². The minimum Gasteiger partial charge on any atom is -0.339 e. The fourth-order valence-electron chi connectivity index (χ4n) is 3.36. The Morgan fingerprint density at radius 3 is 2.83 bits per heavy atom. The van der Waals surface area contributed by atoms with E-state index < -0.39 is 18.1 Å². The second-order valence-corrected chi connectivity index (χ2v) is 7.00. The Bertz CT molecular complexity index is 1050. The summed E-state index contributed by atoms with van der Waals surface area (Å²) in [6.07, 6.45) is -0.579. The third-order valence-corrected chi connectivity index (χ3v) is 5.02. The maximum Gasteiger partial charge on any atom is 0.408 e. The quantitative estimate of drug-likeness (QED) is 0.703. The zero-order valence-corrected chi connectivity index (χ0v) is 15.5. The number of hydrogen-bond acceptors (Lipinski definition) is 3. The van der Waals surface area contributed by atoms with Crippen molar-refractivity contribution in [2.75, 3.05) is 6.54 Å². The molecule has 0 saturated carbocycles. The van der Waals surface area contributed by atoms with Gasteiger partial charge in [0.25, 0.3) is 11.8 Å². The zero-order chi connectivity index (χ0) is 20.8. The number of carbonyl (C=O) groups is 2. The van der Waals surface area contributed by atoms with E-state index in [9.17, 15) is 22.8 Å². The van der Waals surface area contributed by atoms with Crippen molar-refractivity contribution in [2.45, 2.75) is 32.1 Å². The second-order valence-electron chi connectivity index (χ2n) is 7.00. The van der Waals surface area contributed by atoms with Crippen LogP contribution in [0.1, 0.15) is 39.0 Å². The number of carbonyl (C=O) groups excluding carboxylic acids is 2. The number of aromatic nitrogens is 3. The fraction of sp³-hybridized carbons (Fsp3) is 0.316. The average molecular weight is 405 g/mol. The largest absolute Gasteiger partial charge is 0.408 e. The van der Waals surface area contributed by atoms with Gasteiger partial charge in [-0.1, -0.05) is 6.07 Å². The molecule has 4 rings (SSSR count). The molecular formula is C19H18F3N5O2. The average Bonchev–Trinajstić information content (AvgIpc) is 3.30. The van der Waals surface area contributed by atoms with Gasteiger partial charge < -0.3 is 14.6 Å². The topological polar surface area (TPSA) is 82.5 Å². The summed E-state index contributed by atoms with van der Waals surface area (Å²) in [5, 5.41) is 8.49. The lowest BCUT2D eigenvalue weighted by atomic mass is 10.0. The summed E-state index contributed by atoms with van der Waals surface area (Å²) in [6, 6.07) is 5.38. The van der Waals surface area contributed by atoms with Crippen LogP contribution in [0.4, 0.5) is 13.2 Å². The lowest BCUT2D eigenvalue weighted by Crippen LogP contribution is -2.44. The van der Waals surface area contributed by atoms with Gasteiger partial charge in [-0.25, -0.2) is 0 Å². The summed E-state index contributed by atoms with van der Waals surface area (Å²) in [7, 11) is 0. The van der Waals surface area contributed by atoms with Crippen molar-refractivity contribution in [3.05, 3.63) is 59.2 Å². The molecule has 4 heterocycles. The molecule has 0 aromatic carbocycles. The van der Waals surface area contributed by atoms with Gasteiger partial charge in [-0.2, -0.15) is 18.3 Å². The number of fused-ring (bicyclic) bond motifs is 2. The molecule has 1 aliphatic heterocycles. The molecule has 0 saturated heterocycles. The van der Waals surface area contributed by atoms with Crippen LogP contribution in [0.15, 0.2) is 36.7 Å². The number of halogens is 3. The Hall–Kier alpha value is -3.30. The van der Waals surface area contributed by atoms with E-state index in [1.807, 2.05) is 34.1 Å². The summed E-state index contributed by atoms with van der Waals surface area (Å²) in [5.74, 6) is -1.11. The number of nitrogens with zero attached hydrogens (tertiary/aromatic N) is 3. The number of alkyl halides is 3. The van der Waals surface area contributed by atoms with E-state index >= 15 is 0 Å². The van der Waals surface area contributed by atoms with Crippen molar-refractivity contribution in [3.63, 3.8) is 0 Å². The van der Waals surface area contributed by atoms with Crippen LogP contribution >= 0.6 is 0 Å². The molecule has 3 aromatic rings. The van der Waals surface area contributed by atoms with Gasteiger partial charge in [0.15, 0.2) is 0 Å². The van der Waals surface area contributed by atoms with E-state index in [0.717, 1.165) is 12.4 Å². The smallest absolute Gasteiger partial charge is 0.339 e. The number of pyridine rings is 1. The van der Waals surface area contributed by atoms with Crippen LogP contribution in [0.2, 0.25) is 0 Å². The molecule has 1 unspecified atom stereocenters. The molecule has 0 bridgehead atoms. The maximum atomic E-state index is 12.9. The van der Waals surface area contributed by atoms with E-state index in [1.54, 1.807) is 17.2 Å². The van der Waals surface area contributed by atoms with Crippen molar-refractivity contribution in [2.24, 2.45) is 0 Å². The Balaban J connectivity index is 1.54. The van der Waals surface area contributed by atoms with Crippen LogP contribution in [-0.4, -0.2) is 50.1 Å². The van der Waals surface area contributed by atoms with Crippen molar-refractivity contribution in [1.82, 2.24) is 24.8 Å². The number of hydrogen-bond donors (Lipinski definition) is 2. The van der Waals surface area contributed by atoms with Gasteiger partial charge in [0.2, 0.25) is 0 Å².